The third-order valence-corrected chi connectivity index (χ3v) is 4.64. The maximum atomic E-state index is 6.01. The molecule has 0 saturated heterocycles. The van der Waals surface area contributed by atoms with Crippen LogP contribution in [0.2, 0.25) is 0 Å². The SMILES string of the molecule is Cc1cc(SCC2CC2(Cl)Cl)nc(NC(C)C)n1. The first kappa shape index (κ1) is 14.2. The number of rotatable bonds is 5. The maximum absolute atomic E-state index is 6.01. The zero-order valence-corrected chi connectivity index (χ0v) is 13.0. The molecule has 0 spiro atoms. The summed E-state index contributed by atoms with van der Waals surface area (Å²) in [6.07, 6.45) is 0.879. The van der Waals surface area contributed by atoms with Crippen LogP contribution in [0.25, 0.3) is 0 Å². The monoisotopic (exact) mass is 305 g/mol. The van der Waals surface area contributed by atoms with Crippen molar-refractivity contribution in [1.82, 2.24) is 9.97 Å². The first-order valence-electron chi connectivity index (χ1n) is 5.99. The van der Waals surface area contributed by atoms with Gasteiger partial charge in [-0.1, -0.05) is 0 Å². The lowest BCUT2D eigenvalue weighted by atomic mass is 10.4. The average molecular weight is 306 g/mol. The van der Waals surface area contributed by atoms with Crippen LogP contribution in [-0.2, 0) is 0 Å². The van der Waals surface area contributed by atoms with E-state index in [2.05, 4.69) is 29.1 Å². The molecule has 0 bridgehead atoms. The molecule has 6 heteroatoms. The van der Waals surface area contributed by atoms with E-state index >= 15 is 0 Å². The number of halogens is 2. The molecule has 1 N–H and O–H groups in total. The zero-order valence-electron chi connectivity index (χ0n) is 10.7. The molecule has 1 aliphatic rings. The smallest absolute Gasteiger partial charge is 0.224 e. The van der Waals surface area contributed by atoms with Crippen LogP contribution in [0.4, 0.5) is 5.95 Å². The molecule has 1 saturated carbocycles. The van der Waals surface area contributed by atoms with Crippen molar-refractivity contribution in [3.05, 3.63) is 11.8 Å². The van der Waals surface area contributed by atoms with E-state index in [4.69, 9.17) is 23.2 Å². The molecule has 1 heterocycles. The van der Waals surface area contributed by atoms with Crippen LogP contribution in [-0.4, -0.2) is 26.1 Å². The van der Waals surface area contributed by atoms with Gasteiger partial charge in [0.1, 0.15) is 9.36 Å². The second kappa shape index (κ2) is 5.43. The van der Waals surface area contributed by atoms with Gasteiger partial charge in [0.05, 0.1) is 0 Å². The van der Waals surface area contributed by atoms with Gasteiger partial charge in [0, 0.05) is 23.4 Å². The normalized spacial score (nSPS) is 21.1. The number of nitrogens with one attached hydrogen (secondary N) is 1. The predicted molar refractivity (Wildman–Crippen MR) is 78.8 cm³/mol. The summed E-state index contributed by atoms with van der Waals surface area (Å²) in [5.41, 5.74) is 0.967. The first-order chi connectivity index (χ1) is 8.37. The number of nitrogens with zero attached hydrogens (tertiary/aromatic N) is 2. The van der Waals surface area contributed by atoms with Crippen molar-refractivity contribution in [3.63, 3.8) is 0 Å². The van der Waals surface area contributed by atoms with Crippen molar-refractivity contribution in [2.75, 3.05) is 11.1 Å². The molecule has 18 heavy (non-hydrogen) atoms. The maximum Gasteiger partial charge on any atom is 0.224 e. The molecule has 0 amide bonds. The minimum absolute atomic E-state index is 0.325. The average Bonchev–Trinajstić information content (AvgIpc) is 2.81. The Hall–Kier alpha value is -0.190. The van der Waals surface area contributed by atoms with Gasteiger partial charge in [-0.2, -0.15) is 0 Å². The fourth-order valence-electron chi connectivity index (χ4n) is 1.57. The third kappa shape index (κ3) is 3.90. The van der Waals surface area contributed by atoms with E-state index in [1.165, 1.54) is 0 Å². The standard InChI is InChI=1S/C12H17Cl2N3S/c1-7(2)15-11-16-8(3)4-10(17-11)18-6-9-5-12(9,13)14/h4,7,9H,5-6H2,1-3H3,(H,15,16,17). The van der Waals surface area contributed by atoms with E-state index in [-0.39, 0.29) is 0 Å². The van der Waals surface area contributed by atoms with E-state index in [0.717, 1.165) is 22.9 Å². The molecular weight excluding hydrogens is 289 g/mol. The fourth-order valence-corrected chi connectivity index (χ4v) is 3.46. The summed E-state index contributed by atoms with van der Waals surface area (Å²) in [7, 11) is 0. The van der Waals surface area contributed by atoms with Gasteiger partial charge < -0.3 is 5.32 Å². The minimum atomic E-state index is -0.506. The van der Waals surface area contributed by atoms with Crippen molar-refractivity contribution in [2.24, 2.45) is 5.92 Å². The largest absolute Gasteiger partial charge is 0.352 e. The van der Waals surface area contributed by atoms with Gasteiger partial charge in [-0.05, 0) is 33.3 Å². The lowest BCUT2D eigenvalue weighted by Gasteiger charge is -2.10. The van der Waals surface area contributed by atoms with Gasteiger partial charge in [0.2, 0.25) is 5.95 Å². The molecule has 1 aromatic rings. The zero-order chi connectivity index (χ0) is 13.3. The summed E-state index contributed by atoms with van der Waals surface area (Å²) in [4.78, 5) is 8.83. The van der Waals surface area contributed by atoms with Crippen LogP contribution in [0.15, 0.2) is 11.1 Å². The summed E-state index contributed by atoms with van der Waals surface area (Å²) in [5, 5.41) is 4.19. The van der Waals surface area contributed by atoms with Crippen molar-refractivity contribution in [2.45, 2.75) is 42.6 Å². The van der Waals surface area contributed by atoms with Gasteiger partial charge >= 0.3 is 0 Å². The number of aromatic nitrogens is 2. The number of aryl methyl sites for hydroxylation is 1. The second-order valence-corrected chi connectivity index (χ2v) is 7.53. The highest BCUT2D eigenvalue weighted by Gasteiger charge is 2.51. The predicted octanol–water partition coefficient (Wildman–Crippen LogP) is 3.89. The van der Waals surface area contributed by atoms with Crippen LogP contribution in [0.5, 0.6) is 0 Å². The number of thioether (sulfide) groups is 1. The second-order valence-electron chi connectivity index (χ2n) is 4.94. The summed E-state index contributed by atoms with van der Waals surface area (Å²) in [5.74, 6) is 1.97. The van der Waals surface area contributed by atoms with Crippen LogP contribution in [0.3, 0.4) is 0 Å². The fraction of sp³-hybridized carbons (Fsp3) is 0.667. The highest BCUT2D eigenvalue weighted by atomic mass is 35.5. The van der Waals surface area contributed by atoms with Crippen molar-refractivity contribution in [3.8, 4) is 0 Å². The van der Waals surface area contributed by atoms with Crippen LogP contribution in [0, 0.1) is 12.8 Å². The Kier molecular flexibility index (Phi) is 4.29. The van der Waals surface area contributed by atoms with Crippen LogP contribution in [0.1, 0.15) is 26.0 Å². The number of hydrogen-bond donors (Lipinski definition) is 1. The molecule has 1 fully saturated rings. The molecule has 1 unspecified atom stereocenters. The highest BCUT2D eigenvalue weighted by Crippen LogP contribution is 2.54. The Morgan fingerprint density at radius 1 is 1.50 bits per heavy atom. The highest BCUT2D eigenvalue weighted by molar-refractivity contribution is 7.99. The number of alkyl halides is 2. The molecule has 100 valence electrons. The van der Waals surface area contributed by atoms with Gasteiger partial charge in [-0.3, -0.25) is 0 Å². The summed E-state index contributed by atoms with van der Waals surface area (Å²) in [6.45, 7) is 6.11. The van der Waals surface area contributed by atoms with E-state index in [1.807, 2.05) is 13.0 Å². The van der Waals surface area contributed by atoms with Crippen LogP contribution < -0.4 is 5.32 Å². The third-order valence-electron chi connectivity index (χ3n) is 2.64. The van der Waals surface area contributed by atoms with Gasteiger partial charge in [-0.15, -0.1) is 35.0 Å². The molecule has 0 radical (unpaired) electrons. The minimum Gasteiger partial charge on any atom is -0.352 e. The van der Waals surface area contributed by atoms with Crippen molar-refractivity contribution in [1.29, 1.82) is 0 Å². The van der Waals surface area contributed by atoms with E-state index in [1.54, 1.807) is 11.8 Å². The molecule has 1 aliphatic carbocycles. The quantitative estimate of drug-likeness (QED) is 0.509. The lowest BCUT2D eigenvalue weighted by molar-refractivity contribution is 0.857. The molecule has 0 aromatic carbocycles. The van der Waals surface area contributed by atoms with E-state index in [9.17, 15) is 0 Å². The Balaban J connectivity index is 1.97. The molecule has 2 rings (SSSR count). The van der Waals surface area contributed by atoms with Gasteiger partial charge in [0.15, 0.2) is 0 Å². The first-order valence-corrected chi connectivity index (χ1v) is 7.74. The Morgan fingerprint density at radius 2 is 2.17 bits per heavy atom. The van der Waals surface area contributed by atoms with Gasteiger partial charge in [-0.25, -0.2) is 9.97 Å². The summed E-state index contributed by atoms with van der Waals surface area (Å²) < 4.78 is -0.506. The Bertz CT molecular complexity index is 437. The van der Waals surface area contributed by atoms with Crippen molar-refractivity contribution >= 4 is 40.9 Å². The Morgan fingerprint density at radius 3 is 2.72 bits per heavy atom. The Labute approximate surface area is 122 Å². The van der Waals surface area contributed by atoms with Gasteiger partial charge in [0.25, 0.3) is 0 Å². The van der Waals surface area contributed by atoms with E-state index in [0.29, 0.717) is 17.9 Å². The van der Waals surface area contributed by atoms with E-state index < -0.39 is 4.33 Å². The molecular formula is C12H17Cl2N3S. The number of hydrogen-bond acceptors (Lipinski definition) is 4. The molecule has 1 aromatic heterocycles. The summed E-state index contributed by atoms with van der Waals surface area (Å²) >= 11 is 13.7. The molecule has 0 aliphatic heterocycles. The molecule has 3 nitrogen and oxygen atoms in total. The number of anilines is 1. The topological polar surface area (TPSA) is 37.8 Å². The molecule has 1 atom stereocenters. The van der Waals surface area contributed by atoms with Crippen molar-refractivity contribution < 1.29 is 0 Å². The summed E-state index contributed by atoms with van der Waals surface area (Å²) in [6, 6.07) is 2.31. The lowest BCUT2D eigenvalue weighted by Crippen LogP contribution is -2.13. The van der Waals surface area contributed by atoms with Crippen LogP contribution >= 0.6 is 35.0 Å².